The number of aryl methyl sites for hydroxylation is 2. The van der Waals surface area contributed by atoms with Gasteiger partial charge in [-0.1, -0.05) is 45.0 Å². The van der Waals surface area contributed by atoms with Crippen LogP contribution in [0.5, 0.6) is 0 Å². The van der Waals surface area contributed by atoms with Crippen molar-refractivity contribution in [2.75, 3.05) is 13.1 Å². The van der Waals surface area contributed by atoms with Gasteiger partial charge in [-0.15, -0.1) is 10.2 Å². The van der Waals surface area contributed by atoms with Crippen LogP contribution in [0.15, 0.2) is 35.6 Å². The van der Waals surface area contributed by atoms with Gasteiger partial charge in [0, 0.05) is 32.1 Å². The lowest BCUT2D eigenvalue weighted by Gasteiger charge is -2.27. The van der Waals surface area contributed by atoms with Gasteiger partial charge in [0.1, 0.15) is 12.2 Å². The van der Waals surface area contributed by atoms with Gasteiger partial charge in [0.2, 0.25) is 0 Å². The average molecular weight is 369 g/mol. The molecule has 1 atom stereocenters. The van der Waals surface area contributed by atoms with Crippen molar-refractivity contribution in [1.29, 1.82) is 0 Å². The molecule has 0 saturated heterocycles. The van der Waals surface area contributed by atoms with Crippen LogP contribution >= 0.6 is 0 Å². The average Bonchev–Trinajstić information content (AvgIpc) is 3.13. The molecule has 1 aromatic carbocycles. The maximum atomic E-state index is 4.79. The zero-order valence-corrected chi connectivity index (χ0v) is 16.8. The third-order valence-corrected chi connectivity index (χ3v) is 4.96. The number of benzene rings is 1. The summed E-state index contributed by atoms with van der Waals surface area (Å²) in [5, 5.41) is 15.3. The summed E-state index contributed by atoms with van der Waals surface area (Å²) in [6, 6.07) is 9.21. The van der Waals surface area contributed by atoms with Crippen molar-refractivity contribution in [3.8, 4) is 0 Å². The van der Waals surface area contributed by atoms with Crippen LogP contribution < -0.4 is 10.6 Å². The number of hydrogen-bond donors (Lipinski definition) is 2. The first kappa shape index (κ1) is 19.4. The minimum absolute atomic E-state index is 0.430. The van der Waals surface area contributed by atoms with Gasteiger partial charge in [-0.05, 0) is 36.3 Å². The monoisotopic (exact) mass is 368 g/mol. The number of nitrogens with zero attached hydrogens (tertiary/aromatic N) is 4. The van der Waals surface area contributed by atoms with E-state index in [1.165, 1.54) is 11.1 Å². The van der Waals surface area contributed by atoms with E-state index < -0.39 is 0 Å². The van der Waals surface area contributed by atoms with Gasteiger partial charge in [0.05, 0.1) is 0 Å². The number of guanidine groups is 1. The quantitative estimate of drug-likeness (QED) is 0.582. The van der Waals surface area contributed by atoms with E-state index >= 15 is 0 Å². The molecule has 2 N–H and O–H groups in total. The summed E-state index contributed by atoms with van der Waals surface area (Å²) in [5.41, 5.74) is 2.95. The Bertz CT molecular complexity index is 749. The third kappa shape index (κ3) is 5.55. The minimum Gasteiger partial charge on any atom is -0.355 e. The summed E-state index contributed by atoms with van der Waals surface area (Å²) in [6.45, 7) is 8.97. The highest BCUT2D eigenvalue weighted by molar-refractivity contribution is 5.80. The van der Waals surface area contributed by atoms with Crippen LogP contribution in [0.25, 0.3) is 0 Å². The molecule has 0 aliphatic heterocycles. The largest absolute Gasteiger partial charge is 0.355 e. The van der Waals surface area contributed by atoms with Crippen LogP contribution in [-0.2, 0) is 25.8 Å². The number of rotatable bonds is 7. The van der Waals surface area contributed by atoms with Crippen molar-refractivity contribution in [2.24, 2.45) is 10.9 Å². The molecule has 1 unspecified atom stereocenters. The second-order valence-electron chi connectivity index (χ2n) is 7.66. The molecular weight excluding hydrogens is 336 g/mol. The minimum atomic E-state index is 0.430. The van der Waals surface area contributed by atoms with Gasteiger partial charge in [-0.2, -0.15) is 0 Å². The zero-order valence-electron chi connectivity index (χ0n) is 16.8. The molecule has 0 bridgehead atoms. The molecule has 0 saturated carbocycles. The maximum absolute atomic E-state index is 4.79. The maximum Gasteiger partial charge on any atom is 0.191 e. The predicted octanol–water partition coefficient (Wildman–Crippen LogP) is 2.59. The molecule has 3 rings (SSSR count). The topological polar surface area (TPSA) is 67.1 Å². The van der Waals surface area contributed by atoms with Gasteiger partial charge in [0.15, 0.2) is 5.96 Å². The summed E-state index contributed by atoms with van der Waals surface area (Å²) >= 11 is 0. The molecule has 27 heavy (non-hydrogen) atoms. The van der Waals surface area contributed by atoms with Gasteiger partial charge < -0.3 is 15.2 Å². The van der Waals surface area contributed by atoms with Crippen molar-refractivity contribution >= 4 is 5.96 Å². The first-order valence-corrected chi connectivity index (χ1v) is 10.1. The Hall–Kier alpha value is -2.37. The highest BCUT2D eigenvalue weighted by Crippen LogP contribution is 2.20. The Morgan fingerprint density at radius 1 is 1.30 bits per heavy atom. The van der Waals surface area contributed by atoms with E-state index in [0.717, 1.165) is 57.1 Å². The van der Waals surface area contributed by atoms with E-state index in [-0.39, 0.29) is 0 Å². The van der Waals surface area contributed by atoms with Gasteiger partial charge in [-0.3, -0.25) is 4.99 Å². The SMILES string of the molecule is CCc1nncn1CCNC(=NCC(C)C)NC1CCc2ccccc2C1. The lowest BCUT2D eigenvalue weighted by Crippen LogP contribution is -2.46. The summed E-state index contributed by atoms with van der Waals surface area (Å²) in [6.07, 6.45) is 6.03. The molecule has 146 valence electrons. The second kappa shape index (κ2) is 9.53. The highest BCUT2D eigenvalue weighted by Gasteiger charge is 2.19. The van der Waals surface area contributed by atoms with Crippen molar-refractivity contribution in [3.63, 3.8) is 0 Å². The van der Waals surface area contributed by atoms with Crippen LogP contribution in [0.1, 0.15) is 44.1 Å². The molecular formula is C21H32N6. The van der Waals surface area contributed by atoms with E-state index in [4.69, 9.17) is 4.99 Å². The highest BCUT2D eigenvalue weighted by atomic mass is 15.3. The van der Waals surface area contributed by atoms with Crippen LogP contribution in [0, 0.1) is 5.92 Å². The third-order valence-electron chi connectivity index (χ3n) is 4.96. The van der Waals surface area contributed by atoms with Gasteiger partial charge in [0.25, 0.3) is 0 Å². The Morgan fingerprint density at radius 3 is 2.89 bits per heavy atom. The van der Waals surface area contributed by atoms with Gasteiger partial charge in [-0.25, -0.2) is 0 Å². The van der Waals surface area contributed by atoms with Crippen LogP contribution in [0.3, 0.4) is 0 Å². The molecule has 2 aromatic rings. The summed E-state index contributed by atoms with van der Waals surface area (Å²) in [5.74, 6) is 2.48. The Kier molecular flexibility index (Phi) is 6.85. The number of aromatic nitrogens is 3. The molecule has 6 nitrogen and oxygen atoms in total. The molecule has 0 amide bonds. The second-order valence-corrected chi connectivity index (χ2v) is 7.66. The molecule has 6 heteroatoms. The normalized spacial score (nSPS) is 17.0. The number of fused-ring (bicyclic) bond motifs is 1. The Balaban J connectivity index is 1.57. The number of hydrogen-bond acceptors (Lipinski definition) is 3. The molecule has 1 heterocycles. The van der Waals surface area contributed by atoms with Crippen LogP contribution in [0.4, 0.5) is 0 Å². The van der Waals surface area contributed by atoms with E-state index in [0.29, 0.717) is 12.0 Å². The van der Waals surface area contributed by atoms with Crippen molar-refractivity contribution < 1.29 is 0 Å². The Labute approximate surface area is 162 Å². The molecule has 0 fully saturated rings. The van der Waals surface area contributed by atoms with E-state index in [9.17, 15) is 0 Å². The first-order chi connectivity index (χ1) is 13.2. The molecule has 1 aliphatic carbocycles. The van der Waals surface area contributed by atoms with Crippen molar-refractivity contribution in [2.45, 2.75) is 59.0 Å². The summed E-state index contributed by atoms with van der Waals surface area (Å²) in [4.78, 5) is 4.79. The Morgan fingerprint density at radius 2 is 2.11 bits per heavy atom. The fourth-order valence-electron chi connectivity index (χ4n) is 3.47. The summed E-state index contributed by atoms with van der Waals surface area (Å²) in [7, 11) is 0. The van der Waals surface area contributed by atoms with E-state index in [1.807, 2.05) is 0 Å². The predicted molar refractivity (Wildman–Crippen MR) is 110 cm³/mol. The molecule has 1 aromatic heterocycles. The lowest BCUT2D eigenvalue weighted by atomic mass is 9.88. The molecule has 1 aliphatic rings. The standard InChI is InChI=1S/C21H32N6/c1-4-20-26-24-15-27(20)12-11-22-21(23-14-16(2)3)25-19-10-9-17-7-5-6-8-18(17)13-19/h5-8,15-16,19H,4,9-14H2,1-3H3,(H2,22,23,25). The molecule has 0 radical (unpaired) electrons. The van der Waals surface area contributed by atoms with E-state index in [1.54, 1.807) is 6.33 Å². The smallest absolute Gasteiger partial charge is 0.191 e. The summed E-state index contributed by atoms with van der Waals surface area (Å²) < 4.78 is 2.10. The van der Waals surface area contributed by atoms with Crippen LogP contribution in [-0.4, -0.2) is 39.9 Å². The van der Waals surface area contributed by atoms with E-state index in [2.05, 4.69) is 70.4 Å². The zero-order chi connectivity index (χ0) is 19.1. The first-order valence-electron chi connectivity index (χ1n) is 10.1. The number of nitrogens with one attached hydrogen (secondary N) is 2. The van der Waals surface area contributed by atoms with Crippen molar-refractivity contribution in [1.82, 2.24) is 25.4 Å². The van der Waals surface area contributed by atoms with Crippen LogP contribution in [0.2, 0.25) is 0 Å². The number of aliphatic imine (C=N–C) groups is 1. The lowest BCUT2D eigenvalue weighted by molar-refractivity contribution is 0.515. The fourth-order valence-corrected chi connectivity index (χ4v) is 3.47. The molecule has 0 spiro atoms. The van der Waals surface area contributed by atoms with Gasteiger partial charge >= 0.3 is 0 Å². The van der Waals surface area contributed by atoms with Crippen molar-refractivity contribution in [3.05, 3.63) is 47.5 Å². The fraction of sp³-hybridized carbons (Fsp3) is 0.571.